The molecular formula is C14H6F5N. The molecular weight excluding hydrogens is 277 g/mol. The number of benzene rings is 2. The molecule has 2 aromatic carbocycles. The van der Waals surface area contributed by atoms with Crippen molar-refractivity contribution in [2.24, 2.45) is 0 Å². The summed E-state index contributed by atoms with van der Waals surface area (Å²) in [4.78, 5) is 2.63. The van der Waals surface area contributed by atoms with E-state index in [1.165, 1.54) is 6.07 Å². The van der Waals surface area contributed by atoms with E-state index in [2.05, 4.69) is 4.98 Å². The van der Waals surface area contributed by atoms with Crippen LogP contribution in [-0.4, -0.2) is 4.98 Å². The maximum atomic E-state index is 13.7. The molecule has 3 rings (SSSR count). The molecule has 1 heterocycles. The molecule has 0 saturated heterocycles. The van der Waals surface area contributed by atoms with Crippen LogP contribution in [0.15, 0.2) is 30.3 Å². The Balaban J connectivity index is 2.34. The largest absolute Gasteiger partial charge is 0.354 e. The summed E-state index contributed by atoms with van der Waals surface area (Å²) in [6.07, 6.45) is 0. The molecule has 0 saturated carbocycles. The molecule has 1 N–H and O–H groups in total. The average molecular weight is 283 g/mol. The third kappa shape index (κ3) is 1.68. The standard InChI is InChI=1S/C14H6F5N/c15-10-9(11(16)13(18)14(19)12(10)17)8-5-6-3-1-2-4-7(6)20-8/h1-5,20H. The van der Waals surface area contributed by atoms with Crippen molar-refractivity contribution in [1.29, 1.82) is 0 Å². The zero-order valence-electron chi connectivity index (χ0n) is 9.78. The van der Waals surface area contributed by atoms with Crippen LogP contribution in [0.5, 0.6) is 0 Å². The molecule has 0 aliphatic carbocycles. The van der Waals surface area contributed by atoms with E-state index in [9.17, 15) is 22.0 Å². The van der Waals surface area contributed by atoms with Crippen molar-refractivity contribution >= 4 is 10.9 Å². The zero-order valence-corrected chi connectivity index (χ0v) is 9.78. The van der Waals surface area contributed by atoms with Gasteiger partial charge in [-0.3, -0.25) is 0 Å². The summed E-state index contributed by atoms with van der Waals surface area (Å²) < 4.78 is 66.7. The number of H-pyrrole nitrogens is 1. The second kappa shape index (κ2) is 4.33. The first-order valence-corrected chi connectivity index (χ1v) is 5.60. The van der Waals surface area contributed by atoms with Gasteiger partial charge in [0.15, 0.2) is 23.3 Å². The first kappa shape index (κ1) is 12.7. The number of aromatic amines is 1. The van der Waals surface area contributed by atoms with Gasteiger partial charge in [-0.25, -0.2) is 22.0 Å². The van der Waals surface area contributed by atoms with E-state index in [0.717, 1.165) is 0 Å². The van der Waals surface area contributed by atoms with Gasteiger partial charge in [0.2, 0.25) is 5.82 Å². The molecule has 0 unspecified atom stereocenters. The number of nitrogens with one attached hydrogen (secondary N) is 1. The minimum absolute atomic E-state index is 0.168. The lowest BCUT2D eigenvalue weighted by atomic mass is 10.1. The predicted octanol–water partition coefficient (Wildman–Crippen LogP) is 4.53. The van der Waals surface area contributed by atoms with Crippen LogP contribution >= 0.6 is 0 Å². The molecule has 3 aromatic rings. The van der Waals surface area contributed by atoms with Crippen molar-refractivity contribution in [2.75, 3.05) is 0 Å². The van der Waals surface area contributed by atoms with Crippen molar-refractivity contribution in [3.8, 4) is 11.3 Å². The van der Waals surface area contributed by atoms with E-state index < -0.39 is 34.6 Å². The SMILES string of the molecule is Fc1c(F)c(F)c(-c2cc3ccccc3[nH]2)c(F)c1F. The van der Waals surface area contributed by atoms with Gasteiger partial charge in [-0.2, -0.15) is 0 Å². The number of rotatable bonds is 1. The lowest BCUT2D eigenvalue weighted by molar-refractivity contribution is 0.381. The number of hydrogen-bond donors (Lipinski definition) is 1. The third-order valence-corrected chi connectivity index (χ3v) is 3.01. The Morgan fingerprint density at radius 1 is 0.700 bits per heavy atom. The van der Waals surface area contributed by atoms with Gasteiger partial charge in [0.1, 0.15) is 0 Å². The summed E-state index contributed by atoms with van der Waals surface area (Å²) in [5, 5.41) is 0.603. The monoisotopic (exact) mass is 283 g/mol. The molecule has 0 aliphatic rings. The zero-order chi connectivity index (χ0) is 14.4. The molecule has 0 aliphatic heterocycles. The van der Waals surface area contributed by atoms with Crippen molar-refractivity contribution in [1.82, 2.24) is 4.98 Å². The van der Waals surface area contributed by atoms with Crippen molar-refractivity contribution in [2.45, 2.75) is 0 Å². The van der Waals surface area contributed by atoms with E-state index in [4.69, 9.17) is 0 Å². The number of aromatic nitrogens is 1. The summed E-state index contributed by atoms with van der Waals surface area (Å²) in [5.41, 5.74) is -0.594. The molecule has 0 radical (unpaired) electrons. The minimum Gasteiger partial charge on any atom is -0.354 e. The Hall–Kier alpha value is -2.37. The highest BCUT2D eigenvalue weighted by Gasteiger charge is 2.27. The molecule has 20 heavy (non-hydrogen) atoms. The van der Waals surface area contributed by atoms with Crippen molar-refractivity contribution in [3.63, 3.8) is 0 Å². The Labute approximate surface area is 109 Å². The highest BCUT2D eigenvalue weighted by Crippen LogP contribution is 2.32. The predicted molar refractivity (Wildman–Crippen MR) is 63.5 cm³/mol. The molecule has 0 amide bonds. The van der Waals surface area contributed by atoms with E-state index in [1.807, 2.05) is 0 Å². The fourth-order valence-corrected chi connectivity index (χ4v) is 2.05. The molecule has 102 valence electrons. The van der Waals surface area contributed by atoms with Crippen LogP contribution in [0.4, 0.5) is 22.0 Å². The fourth-order valence-electron chi connectivity index (χ4n) is 2.05. The Kier molecular flexibility index (Phi) is 2.74. The van der Waals surface area contributed by atoms with Gasteiger partial charge in [0, 0.05) is 10.9 Å². The Bertz CT molecular complexity index is 760. The second-order valence-electron chi connectivity index (χ2n) is 4.22. The first-order valence-electron chi connectivity index (χ1n) is 5.60. The van der Waals surface area contributed by atoms with Crippen LogP contribution in [0.2, 0.25) is 0 Å². The molecule has 0 fully saturated rings. The van der Waals surface area contributed by atoms with E-state index in [-0.39, 0.29) is 5.69 Å². The van der Waals surface area contributed by atoms with Crippen LogP contribution in [0, 0.1) is 29.1 Å². The number of hydrogen-bond acceptors (Lipinski definition) is 0. The molecule has 0 atom stereocenters. The van der Waals surface area contributed by atoms with Crippen LogP contribution in [0.25, 0.3) is 22.2 Å². The third-order valence-electron chi connectivity index (χ3n) is 3.01. The minimum atomic E-state index is -2.17. The summed E-state index contributed by atoms with van der Waals surface area (Å²) in [6, 6.07) is 7.99. The molecule has 0 bridgehead atoms. The Morgan fingerprint density at radius 3 is 1.85 bits per heavy atom. The van der Waals surface area contributed by atoms with Gasteiger partial charge in [0.25, 0.3) is 0 Å². The van der Waals surface area contributed by atoms with E-state index in [1.54, 1.807) is 24.3 Å². The number of halogens is 5. The number of fused-ring (bicyclic) bond motifs is 1. The van der Waals surface area contributed by atoms with Gasteiger partial charge in [-0.1, -0.05) is 18.2 Å². The lowest BCUT2D eigenvalue weighted by Crippen LogP contribution is -2.04. The lowest BCUT2D eigenvalue weighted by Gasteiger charge is -2.06. The van der Waals surface area contributed by atoms with E-state index in [0.29, 0.717) is 10.9 Å². The second-order valence-corrected chi connectivity index (χ2v) is 4.22. The fraction of sp³-hybridized carbons (Fsp3) is 0. The van der Waals surface area contributed by atoms with Crippen molar-refractivity contribution < 1.29 is 22.0 Å². The maximum absolute atomic E-state index is 13.7. The summed E-state index contributed by atoms with van der Waals surface area (Å²) in [5.74, 6) is -9.80. The first-order chi connectivity index (χ1) is 9.50. The van der Waals surface area contributed by atoms with Crippen molar-refractivity contribution in [3.05, 3.63) is 59.4 Å². The topological polar surface area (TPSA) is 15.8 Å². The van der Waals surface area contributed by atoms with Gasteiger partial charge in [0.05, 0.1) is 11.3 Å². The summed E-state index contributed by atoms with van der Waals surface area (Å²) >= 11 is 0. The highest BCUT2D eigenvalue weighted by molar-refractivity contribution is 5.86. The summed E-state index contributed by atoms with van der Waals surface area (Å²) in [7, 11) is 0. The van der Waals surface area contributed by atoms with Gasteiger partial charge >= 0.3 is 0 Å². The Morgan fingerprint density at radius 2 is 1.25 bits per heavy atom. The van der Waals surface area contributed by atoms with Crippen LogP contribution in [-0.2, 0) is 0 Å². The molecule has 0 spiro atoms. The van der Waals surface area contributed by atoms with Gasteiger partial charge in [-0.15, -0.1) is 0 Å². The maximum Gasteiger partial charge on any atom is 0.200 e. The quantitative estimate of drug-likeness (QED) is 0.383. The van der Waals surface area contributed by atoms with E-state index >= 15 is 0 Å². The summed E-state index contributed by atoms with van der Waals surface area (Å²) in [6.45, 7) is 0. The van der Waals surface area contributed by atoms with Gasteiger partial charge in [-0.05, 0) is 12.1 Å². The molecule has 6 heteroatoms. The molecule has 1 nitrogen and oxygen atoms in total. The van der Waals surface area contributed by atoms with Gasteiger partial charge < -0.3 is 4.98 Å². The smallest absolute Gasteiger partial charge is 0.200 e. The van der Waals surface area contributed by atoms with Crippen LogP contribution in [0.1, 0.15) is 0 Å². The number of para-hydroxylation sites is 1. The van der Waals surface area contributed by atoms with Crippen LogP contribution < -0.4 is 0 Å². The normalized spacial score (nSPS) is 11.2. The van der Waals surface area contributed by atoms with Crippen LogP contribution in [0.3, 0.4) is 0 Å². The highest BCUT2D eigenvalue weighted by atomic mass is 19.2. The average Bonchev–Trinajstić information content (AvgIpc) is 2.86. The molecule has 1 aromatic heterocycles.